The summed E-state index contributed by atoms with van der Waals surface area (Å²) in [5, 5.41) is 12.9. The first-order valence-corrected chi connectivity index (χ1v) is 11.0. The van der Waals surface area contributed by atoms with E-state index in [-0.39, 0.29) is 11.4 Å². The van der Waals surface area contributed by atoms with Crippen molar-refractivity contribution in [3.8, 4) is 5.69 Å². The Bertz CT molecular complexity index is 1030. The number of amides is 1. The van der Waals surface area contributed by atoms with Gasteiger partial charge in [-0.3, -0.25) is 9.36 Å². The highest BCUT2D eigenvalue weighted by Gasteiger charge is 2.39. The summed E-state index contributed by atoms with van der Waals surface area (Å²) in [5.41, 5.74) is 4.29. The van der Waals surface area contributed by atoms with E-state index in [0.717, 1.165) is 30.5 Å². The van der Waals surface area contributed by atoms with Crippen LogP contribution in [0.1, 0.15) is 36.0 Å². The molecule has 4 rings (SSSR count). The van der Waals surface area contributed by atoms with Gasteiger partial charge in [0.1, 0.15) is 6.33 Å². The van der Waals surface area contributed by atoms with Gasteiger partial charge in [0.05, 0.1) is 11.3 Å². The number of carbonyl (C=O) groups excluding carboxylic acids is 1. The van der Waals surface area contributed by atoms with Crippen LogP contribution >= 0.6 is 23.4 Å². The van der Waals surface area contributed by atoms with Crippen molar-refractivity contribution in [2.24, 2.45) is 0 Å². The maximum absolute atomic E-state index is 12.7. The predicted molar refractivity (Wildman–Crippen MR) is 117 cm³/mol. The molecule has 1 heterocycles. The number of rotatable bonds is 6. The summed E-state index contributed by atoms with van der Waals surface area (Å²) in [4.78, 5) is 12.7. The lowest BCUT2D eigenvalue weighted by molar-refractivity contribution is -0.121. The van der Waals surface area contributed by atoms with E-state index in [9.17, 15) is 4.79 Å². The minimum absolute atomic E-state index is 0.000660. The quantitative estimate of drug-likeness (QED) is 0.574. The molecule has 29 heavy (non-hydrogen) atoms. The van der Waals surface area contributed by atoms with E-state index >= 15 is 0 Å². The third kappa shape index (κ3) is 4.19. The molecule has 0 bridgehead atoms. The molecule has 1 saturated carbocycles. The number of halogens is 1. The van der Waals surface area contributed by atoms with Crippen LogP contribution in [0.15, 0.2) is 53.9 Å². The van der Waals surface area contributed by atoms with Gasteiger partial charge in [-0.25, -0.2) is 0 Å². The van der Waals surface area contributed by atoms with Gasteiger partial charge in [0, 0.05) is 10.7 Å². The van der Waals surface area contributed by atoms with Crippen molar-refractivity contribution >= 4 is 29.3 Å². The smallest absolute Gasteiger partial charge is 0.231 e. The van der Waals surface area contributed by atoms with Crippen LogP contribution in [0.4, 0.5) is 0 Å². The molecule has 1 aliphatic rings. The molecule has 0 atom stereocenters. The van der Waals surface area contributed by atoms with Crippen molar-refractivity contribution in [3.63, 3.8) is 0 Å². The first kappa shape index (κ1) is 20.0. The zero-order valence-corrected chi connectivity index (χ0v) is 18.1. The summed E-state index contributed by atoms with van der Waals surface area (Å²) < 4.78 is 1.92. The van der Waals surface area contributed by atoms with Gasteiger partial charge in [0.15, 0.2) is 5.16 Å². The van der Waals surface area contributed by atoms with Gasteiger partial charge in [0.2, 0.25) is 5.91 Å². The second-order valence-corrected chi connectivity index (χ2v) is 8.91. The number of benzene rings is 2. The molecular weight excluding hydrogens is 404 g/mol. The van der Waals surface area contributed by atoms with Gasteiger partial charge in [-0.2, -0.15) is 0 Å². The average molecular weight is 427 g/mol. The minimum atomic E-state index is -0.274. The van der Waals surface area contributed by atoms with Crippen molar-refractivity contribution < 1.29 is 4.79 Å². The van der Waals surface area contributed by atoms with Crippen molar-refractivity contribution in [1.82, 2.24) is 20.1 Å². The minimum Gasteiger partial charge on any atom is -0.346 e. The first-order valence-electron chi connectivity index (χ1n) is 9.64. The van der Waals surface area contributed by atoms with Crippen LogP contribution in [-0.4, -0.2) is 26.4 Å². The number of thioether (sulfide) groups is 1. The Morgan fingerprint density at radius 1 is 1.17 bits per heavy atom. The number of aryl methyl sites for hydroxylation is 2. The number of nitrogens with one attached hydrogen (secondary N) is 1. The molecule has 1 aliphatic carbocycles. The number of nitrogens with zero attached hydrogens (tertiary/aromatic N) is 3. The maximum atomic E-state index is 12.7. The number of hydrogen-bond donors (Lipinski definition) is 1. The third-order valence-electron chi connectivity index (χ3n) is 5.60. The van der Waals surface area contributed by atoms with Crippen LogP contribution in [0.2, 0.25) is 5.02 Å². The van der Waals surface area contributed by atoms with E-state index in [1.165, 1.54) is 22.9 Å². The van der Waals surface area contributed by atoms with E-state index in [0.29, 0.717) is 15.9 Å². The Balaban J connectivity index is 1.43. The molecule has 3 aromatic rings. The molecular formula is C22H23ClN4OS. The lowest BCUT2D eigenvalue weighted by atomic mass is 9.72. The molecule has 1 amide bonds. The fourth-order valence-corrected chi connectivity index (χ4v) is 4.45. The van der Waals surface area contributed by atoms with Gasteiger partial charge in [-0.1, -0.05) is 41.6 Å². The van der Waals surface area contributed by atoms with Gasteiger partial charge < -0.3 is 5.32 Å². The summed E-state index contributed by atoms with van der Waals surface area (Å²) >= 11 is 7.41. The number of hydrogen-bond acceptors (Lipinski definition) is 4. The van der Waals surface area contributed by atoms with Crippen LogP contribution < -0.4 is 5.32 Å². The molecule has 0 spiro atoms. The van der Waals surface area contributed by atoms with Crippen molar-refractivity contribution in [1.29, 1.82) is 0 Å². The molecule has 0 saturated heterocycles. The molecule has 2 aromatic carbocycles. The van der Waals surface area contributed by atoms with E-state index in [4.69, 9.17) is 11.6 Å². The average Bonchev–Trinajstić information content (AvgIpc) is 3.15. The summed E-state index contributed by atoms with van der Waals surface area (Å²) in [7, 11) is 0. The second kappa shape index (κ2) is 8.20. The van der Waals surface area contributed by atoms with E-state index in [1.54, 1.807) is 6.33 Å². The Hall–Kier alpha value is -2.31. The normalized spacial score (nSPS) is 15.0. The summed E-state index contributed by atoms with van der Waals surface area (Å²) in [5.74, 6) is 0.290. The zero-order chi connectivity index (χ0) is 20.4. The summed E-state index contributed by atoms with van der Waals surface area (Å²) in [6.07, 6.45) is 4.69. The van der Waals surface area contributed by atoms with Crippen molar-refractivity contribution in [2.75, 3.05) is 5.75 Å². The highest BCUT2D eigenvalue weighted by Crippen LogP contribution is 2.41. The lowest BCUT2D eigenvalue weighted by Crippen LogP contribution is -2.51. The van der Waals surface area contributed by atoms with Crippen LogP contribution in [-0.2, 0) is 10.3 Å². The fraction of sp³-hybridized carbons (Fsp3) is 0.318. The predicted octanol–water partition coefficient (Wildman–Crippen LogP) is 4.83. The SMILES string of the molecule is Cc1ccc(-n2cnnc2SCC(=O)NC2(c3ccc(Cl)cc3)CCC2)cc1C. The molecule has 1 aromatic heterocycles. The van der Waals surface area contributed by atoms with Gasteiger partial charge in [-0.05, 0) is 74.1 Å². The monoisotopic (exact) mass is 426 g/mol. The van der Waals surface area contributed by atoms with Crippen LogP contribution in [0.5, 0.6) is 0 Å². The maximum Gasteiger partial charge on any atom is 0.231 e. The Morgan fingerprint density at radius 3 is 2.59 bits per heavy atom. The Kier molecular flexibility index (Phi) is 5.65. The van der Waals surface area contributed by atoms with E-state index in [1.807, 2.05) is 34.9 Å². The van der Waals surface area contributed by atoms with Gasteiger partial charge >= 0.3 is 0 Å². The fourth-order valence-electron chi connectivity index (χ4n) is 3.59. The van der Waals surface area contributed by atoms with Crippen LogP contribution in [0, 0.1) is 13.8 Å². The lowest BCUT2D eigenvalue weighted by Gasteiger charge is -2.43. The first-order chi connectivity index (χ1) is 14.0. The molecule has 7 heteroatoms. The molecule has 150 valence electrons. The molecule has 1 N–H and O–H groups in total. The van der Waals surface area contributed by atoms with Gasteiger partial charge in [-0.15, -0.1) is 10.2 Å². The molecule has 0 radical (unpaired) electrons. The van der Waals surface area contributed by atoms with E-state index in [2.05, 4.69) is 41.5 Å². The molecule has 5 nitrogen and oxygen atoms in total. The van der Waals surface area contributed by atoms with Crippen LogP contribution in [0.3, 0.4) is 0 Å². The third-order valence-corrected chi connectivity index (χ3v) is 6.80. The van der Waals surface area contributed by atoms with Crippen molar-refractivity contribution in [3.05, 3.63) is 70.5 Å². The highest BCUT2D eigenvalue weighted by molar-refractivity contribution is 7.99. The van der Waals surface area contributed by atoms with E-state index < -0.39 is 0 Å². The highest BCUT2D eigenvalue weighted by atomic mass is 35.5. The largest absolute Gasteiger partial charge is 0.346 e. The second-order valence-electron chi connectivity index (χ2n) is 7.53. The van der Waals surface area contributed by atoms with Gasteiger partial charge in [0.25, 0.3) is 0 Å². The summed E-state index contributed by atoms with van der Waals surface area (Å²) in [6.45, 7) is 4.17. The molecule has 0 aliphatic heterocycles. The Morgan fingerprint density at radius 2 is 1.93 bits per heavy atom. The summed E-state index contributed by atoms with van der Waals surface area (Å²) in [6, 6.07) is 14.0. The topological polar surface area (TPSA) is 59.8 Å². The molecule has 0 unspecified atom stereocenters. The Labute approximate surface area is 179 Å². The van der Waals surface area contributed by atoms with Crippen LogP contribution in [0.25, 0.3) is 5.69 Å². The number of aromatic nitrogens is 3. The zero-order valence-electron chi connectivity index (χ0n) is 16.5. The van der Waals surface area contributed by atoms with Crippen molar-refractivity contribution in [2.45, 2.75) is 43.8 Å². The molecule has 1 fully saturated rings. The standard InChI is InChI=1S/C22H23ClN4OS/c1-15-4-9-19(12-16(15)2)27-14-24-26-21(27)29-13-20(28)25-22(10-3-11-22)17-5-7-18(23)8-6-17/h4-9,12,14H,3,10-11,13H2,1-2H3,(H,25,28). The number of carbonyl (C=O) groups is 1.